The molecule has 1 aliphatic heterocycles. The van der Waals surface area contributed by atoms with Gasteiger partial charge in [0.2, 0.25) is 0 Å². The molecule has 4 rings (SSSR count). The number of fused-ring (bicyclic) bond motifs is 1. The molecule has 3 heterocycles. The standard InChI is InChI=1S/C25H31F2N7O4/c1-14(2)21-20(31-25(36)38-9-7-15-6-5-8-33(15)3)12-34-22(21)23(28-13-29-34)30-19-10-16(24(35)32-37-4)17(26)11-18(19)27/h10-15H,5-9H2,1-4H3,(H,31,36)(H,32,35)(H,28,29,30). The predicted molar refractivity (Wildman–Crippen MR) is 136 cm³/mol. The van der Waals surface area contributed by atoms with Gasteiger partial charge in [-0.25, -0.2) is 28.6 Å². The molecule has 38 heavy (non-hydrogen) atoms. The molecule has 0 bridgehead atoms. The Hall–Kier alpha value is -3.84. The molecule has 1 atom stereocenters. The third-order valence-electron chi connectivity index (χ3n) is 6.53. The van der Waals surface area contributed by atoms with Crippen molar-refractivity contribution in [2.24, 2.45) is 0 Å². The maximum Gasteiger partial charge on any atom is 0.411 e. The number of nitrogens with zero attached hydrogens (tertiary/aromatic N) is 4. The summed E-state index contributed by atoms with van der Waals surface area (Å²) in [6.45, 7) is 5.18. The molecule has 0 aliphatic carbocycles. The average molecular weight is 532 g/mol. The van der Waals surface area contributed by atoms with Crippen LogP contribution in [0.3, 0.4) is 0 Å². The summed E-state index contributed by atoms with van der Waals surface area (Å²) in [6.07, 6.45) is 5.26. The van der Waals surface area contributed by atoms with Crippen LogP contribution in [0.4, 0.5) is 30.8 Å². The molecule has 2 amide bonds. The quantitative estimate of drug-likeness (QED) is 0.351. The van der Waals surface area contributed by atoms with Crippen molar-refractivity contribution in [3.8, 4) is 0 Å². The smallest absolute Gasteiger partial charge is 0.411 e. The van der Waals surface area contributed by atoms with Gasteiger partial charge in [-0.2, -0.15) is 5.10 Å². The van der Waals surface area contributed by atoms with Crippen LogP contribution in [0.2, 0.25) is 0 Å². The van der Waals surface area contributed by atoms with Crippen molar-refractivity contribution in [3.63, 3.8) is 0 Å². The molecule has 3 N–H and O–H groups in total. The molecule has 204 valence electrons. The van der Waals surface area contributed by atoms with Gasteiger partial charge in [0.05, 0.1) is 36.9 Å². The first-order valence-electron chi connectivity index (χ1n) is 12.3. The van der Waals surface area contributed by atoms with Crippen molar-refractivity contribution >= 4 is 34.7 Å². The summed E-state index contributed by atoms with van der Waals surface area (Å²) < 4.78 is 35.8. The van der Waals surface area contributed by atoms with Crippen molar-refractivity contribution in [2.45, 2.75) is 45.1 Å². The van der Waals surface area contributed by atoms with E-state index in [-0.39, 0.29) is 17.4 Å². The molecule has 1 aromatic carbocycles. The van der Waals surface area contributed by atoms with Gasteiger partial charge in [-0.3, -0.25) is 14.9 Å². The number of carbonyl (C=O) groups is 2. The Kier molecular flexibility index (Phi) is 8.37. The number of likely N-dealkylation sites (tertiary alicyclic amines) is 1. The second kappa shape index (κ2) is 11.7. The topological polar surface area (TPSA) is 122 Å². The Balaban J connectivity index is 1.58. The molecule has 1 unspecified atom stereocenters. The number of anilines is 3. The maximum atomic E-state index is 14.7. The predicted octanol–water partition coefficient (Wildman–Crippen LogP) is 4.20. The molecule has 0 saturated carbocycles. The van der Waals surface area contributed by atoms with Crippen molar-refractivity contribution in [1.82, 2.24) is 25.0 Å². The number of rotatable bonds is 9. The van der Waals surface area contributed by atoms with Gasteiger partial charge >= 0.3 is 6.09 Å². The van der Waals surface area contributed by atoms with E-state index in [0.717, 1.165) is 31.9 Å². The van der Waals surface area contributed by atoms with Gasteiger partial charge in [0.25, 0.3) is 5.91 Å². The molecule has 1 saturated heterocycles. The number of benzene rings is 1. The molecule has 2 aromatic heterocycles. The molecule has 3 aromatic rings. The van der Waals surface area contributed by atoms with Crippen LogP contribution in [0.25, 0.3) is 5.52 Å². The number of halogens is 2. The highest BCUT2D eigenvalue weighted by atomic mass is 19.1. The Morgan fingerprint density at radius 1 is 1.21 bits per heavy atom. The highest BCUT2D eigenvalue weighted by molar-refractivity contribution is 5.95. The van der Waals surface area contributed by atoms with E-state index in [1.54, 1.807) is 6.20 Å². The van der Waals surface area contributed by atoms with E-state index in [9.17, 15) is 18.4 Å². The van der Waals surface area contributed by atoms with E-state index < -0.39 is 29.2 Å². The number of hydrogen-bond acceptors (Lipinski definition) is 8. The number of ether oxygens (including phenoxy) is 1. The van der Waals surface area contributed by atoms with E-state index in [0.29, 0.717) is 35.5 Å². The first-order chi connectivity index (χ1) is 18.2. The Bertz CT molecular complexity index is 1330. The Labute approximate surface area is 218 Å². The molecule has 13 heteroatoms. The lowest BCUT2D eigenvalue weighted by atomic mass is 10.0. The van der Waals surface area contributed by atoms with Crippen LogP contribution >= 0.6 is 0 Å². The van der Waals surface area contributed by atoms with Gasteiger partial charge in [0.1, 0.15) is 23.5 Å². The van der Waals surface area contributed by atoms with Gasteiger partial charge in [0, 0.05) is 17.7 Å². The summed E-state index contributed by atoms with van der Waals surface area (Å²) in [7, 11) is 3.27. The van der Waals surface area contributed by atoms with E-state index in [1.165, 1.54) is 18.0 Å². The zero-order valence-corrected chi connectivity index (χ0v) is 21.7. The third-order valence-corrected chi connectivity index (χ3v) is 6.53. The fraction of sp³-hybridized carbons (Fsp3) is 0.440. The minimum atomic E-state index is -1.05. The molecule has 1 fully saturated rings. The van der Waals surface area contributed by atoms with Crippen molar-refractivity contribution < 1.29 is 27.9 Å². The van der Waals surface area contributed by atoms with Gasteiger partial charge < -0.3 is 15.0 Å². The third kappa shape index (κ3) is 5.83. The lowest BCUT2D eigenvalue weighted by Crippen LogP contribution is -2.27. The zero-order valence-electron chi connectivity index (χ0n) is 21.7. The van der Waals surface area contributed by atoms with Crippen LogP contribution in [0.5, 0.6) is 0 Å². The SMILES string of the molecule is CONC(=O)c1cc(Nc2ncnn3cc(NC(=O)OCCC4CCCN4C)c(C(C)C)c23)c(F)cc1F. The Morgan fingerprint density at radius 2 is 2.00 bits per heavy atom. The van der Waals surface area contributed by atoms with E-state index in [1.807, 2.05) is 19.3 Å². The first kappa shape index (κ1) is 27.2. The minimum absolute atomic E-state index is 0.102. The number of hydrogen-bond donors (Lipinski definition) is 3. The summed E-state index contributed by atoms with van der Waals surface area (Å²) >= 11 is 0. The number of nitrogens with one attached hydrogen (secondary N) is 3. The van der Waals surface area contributed by atoms with Gasteiger partial charge in [0.15, 0.2) is 5.82 Å². The summed E-state index contributed by atoms with van der Waals surface area (Å²) in [5.41, 5.74) is 3.01. The summed E-state index contributed by atoms with van der Waals surface area (Å²) in [5, 5.41) is 9.83. The molecule has 0 spiro atoms. The highest BCUT2D eigenvalue weighted by Gasteiger charge is 2.24. The van der Waals surface area contributed by atoms with E-state index in [2.05, 4.69) is 37.5 Å². The Morgan fingerprint density at radius 3 is 2.68 bits per heavy atom. The van der Waals surface area contributed by atoms with Crippen molar-refractivity contribution in [1.29, 1.82) is 0 Å². The average Bonchev–Trinajstić information content (AvgIpc) is 3.44. The summed E-state index contributed by atoms with van der Waals surface area (Å²) in [4.78, 5) is 35.7. The minimum Gasteiger partial charge on any atom is -0.449 e. The fourth-order valence-corrected chi connectivity index (χ4v) is 4.68. The van der Waals surface area contributed by atoms with Gasteiger partial charge in [-0.1, -0.05) is 13.8 Å². The first-order valence-corrected chi connectivity index (χ1v) is 12.3. The fourth-order valence-electron chi connectivity index (χ4n) is 4.68. The second-order valence-electron chi connectivity index (χ2n) is 9.41. The van der Waals surface area contributed by atoms with Crippen LogP contribution in [0.15, 0.2) is 24.7 Å². The summed E-state index contributed by atoms with van der Waals surface area (Å²) in [5.74, 6) is -2.77. The van der Waals surface area contributed by atoms with Crippen LogP contribution in [0.1, 0.15) is 54.9 Å². The molecular weight excluding hydrogens is 500 g/mol. The van der Waals surface area contributed by atoms with Crippen LogP contribution in [-0.4, -0.2) is 64.8 Å². The van der Waals surface area contributed by atoms with E-state index in [4.69, 9.17) is 4.74 Å². The lowest BCUT2D eigenvalue weighted by molar-refractivity contribution is 0.0533. The van der Waals surface area contributed by atoms with Gasteiger partial charge in [-0.15, -0.1) is 0 Å². The second-order valence-corrected chi connectivity index (χ2v) is 9.41. The summed E-state index contributed by atoms with van der Waals surface area (Å²) in [6, 6.07) is 2.02. The van der Waals surface area contributed by atoms with Crippen molar-refractivity contribution in [2.75, 3.05) is 37.9 Å². The van der Waals surface area contributed by atoms with E-state index >= 15 is 0 Å². The number of amides is 2. The number of hydroxylamine groups is 1. The largest absolute Gasteiger partial charge is 0.449 e. The number of carbonyl (C=O) groups excluding carboxylic acids is 2. The highest BCUT2D eigenvalue weighted by Crippen LogP contribution is 2.35. The maximum absolute atomic E-state index is 14.7. The molecule has 0 radical (unpaired) electrons. The lowest BCUT2D eigenvalue weighted by Gasteiger charge is -2.19. The monoisotopic (exact) mass is 531 g/mol. The molecule has 1 aliphatic rings. The number of aromatic nitrogens is 3. The van der Waals surface area contributed by atoms with Crippen LogP contribution < -0.4 is 16.1 Å². The van der Waals surface area contributed by atoms with Gasteiger partial charge in [-0.05, 0) is 44.8 Å². The van der Waals surface area contributed by atoms with Crippen LogP contribution in [0, 0.1) is 11.6 Å². The van der Waals surface area contributed by atoms with Crippen LogP contribution in [-0.2, 0) is 9.57 Å². The molecule has 11 nitrogen and oxygen atoms in total. The zero-order chi connectivity index (χ0) is 27.4. The van der Waals surface area contributed by atoms with Crippen molar-refractivity contribution in [3.05, 3.63) is 47.4 Å². The normalized spacial score (nSPS) is 15.7. The molecular formula is C25H31F2N7O4.